The van der Waals surface area contributed by atoms with Crippen LogP contribution in [-0.4, -0.2) is 27.5 Å². The van der Waals surface area contributed by atoms with Crippen molar-refractivity contribution in [3.8, 4) is 5.88 Å². The first-order chi connectivity index (χ1) is 14.1. The minimum absolute atomic E-state index is 0.139. The van der Waals surface area contributed by atoms with Crippen molar-refractivity contribution in [2.75, 3.05) is 6.61 Å². The number of amides is 1. The lowest BCUT2D eigenvalue weighted by molar-refractivity contribution is 0.0941. The van der Waals surface area contributed by atoms with Crippen molar-refractivity contribution >= 4 is 29.1 Å². The number of nitrogens with one attached hydrogen (secondary N) is 1. The topological polar surface area (TPSA) is 69.0 Å². The van der Waals surface area contributed by atoms with Crippen molar-refractivity contribution in [2.45, 2.75) is 32.9 Å². The molecule has 3 aromatic rings. The fourth-order valence-electron chi connectivity index (χ4n) is 2.70. The number of carbonyl (C=O) groups is 1. The predicted molar refractivity (Wildman–Crippen MR) is 114 cm³/mol. The molecule has 0 radical (unpaired) electrons. The first kappa shape index (κ1) is 21.1. The highest BCUT2D eigenvalue weighted by Crippen LogP contribution is 2.22. The second-order valence-corrected chi connectivity index (χ2v) is 7.28. The summed E-state index contributed by atoms with van der Waals surface area (Å²) in [5.74, 6) is -0.0446. The number of halogens is 2. The lowest BCUT2D eigenvalue weighted by Crippen LogP contribution is -2.24. The van der Waals surface area contributed by atoms with Gasteiger partial charge in [-0.3, -0.25) is 4.79 Å². The van der Waals surface area contributed by atoms with E-state index in [4.69, 9.17) is 27.9 Å². The van der Waals surface area contributed by atoms with Crippen LogP contribution in [0.5, 0.6) is 5.88 Å². The summed E-state index contributed by atoms with van der Waals surface area (Å²) in [4.78, 5) is 12.7. The molecule has 0 unspecified atom stereocenters. The van der Waals surface area contributed by atoms with Gasteiger partial charge in [-0.25, -0.2) is 4.68 Å². The minimum atomic E-state index is -0.373. The maximum absolute atomic E-state index is 12.7. The van der Waals surface area contributed by atoms with Gasteiger partial charge in [0.15, 0.2) is 0 Å². The van der Waals surface area contributed by atoms with Gasteiger partial charge in [-0.05, 0) is 29.7 Å². The molecule has 8 heteroatoms. The van der Waals surface area contributed by atoms with Crippen molar-refractivity contribution in [2.24, 2.45) is 0 Å². The number of nitrogens with zero attached hydrogens (tertiary/aromatic N) is 3. The van der Waals surface area contributed by atoms with Gasteiger partial charge in [0.05, 0.1) is 13.2 Å². The lowest BCUT2D eigenvalue weighted by atomic mass is 10.2. The summed E-state index contributed by atoms with van der Waals surface area (Å²) in [6, 6.07) is 14.8. The van der Waals surface area contributed by atoms with Crippen LogP contribution < -0.4 is 10.1 Å². The molecule has 0 aliphatic heterocycles. The molecule has 0 saturated carbocycles. The van der Waals surface area contributed by atoms with Crippen LogP contribution in [0.25, 0.3) is 0 Å². The van der Waals surface area contributed by atoms with Crippen molar-refractivity contribution in [1.82, 2.24) is 20.3 Å². The molecule has 1 aromatic heterocycles. The molecule has 1 N–H and O–H groups in total. The van der Waals surface area contributed by atoms with E-state index in [1.54, 1.807) is 10.7 Å². The highest BCUT2D eigenvalue weighted by Gasteiger charge is 2.22. The Morgan fingerprint density at radius 1 is 1.07 bits per heavy atom. The largest absolute Gasteiger partial charge is 0.476 e. The molecule has 0 spiro atoms. The Balaban J connectivity index is 1.79. The van der Waals surface area contributed by atoms with Crippen LogP contribution in [0.3, 0.4) is 0 Å². The Hall–Kier alpha value is -2.57. The van der Waals surface area contributed by atoms with Gasteiger partial charge in [-0.2, -0.15) is 0 Å². The van der Waals surface area contributed by atoms with E-state index in [0.717, 1.165) is 24.0 Å². The number of unbranched alkanes of at least 4 members (excludes halogenated alkanes) is 1. The maximum Gasteiger partial charge on any atom is 0.277 e. The third-order valence-corrected chi connectivity index (χ3v) is 5.05. The molecule has 29 heavy (non-hydrogen) atoms. The van der Waals surface area contributed by atoms with Crippen LogP contribution in [-0.2, 0) is 13.1 Å². The van der Waals surface area contributed by atoms with Crippen molar-refractivity contribution < 1.29 is 9.53 Å². The number of benzene rings is 2. The highest BCUT2D eigenvalue weighted by molar-refractivity contribution is 6.31. The van der Waals surface area contributed by atoms with Crippen molar-refractivity contribution in [3.63, 3.8) is 0 Å². The number of carbonyl (C=O) groups excluding carboxylic acids is 1. The van der Waals surface area contributed by atoms with Gasteiger partial charge in [-0.1, -0.05) is 78.2 Å². The zero-order valence-electron chi connectivity index (χ0n) is 16.1. The minimum Gasteiger partial charge on any atom is -0.476 e. The SMILES string of the molecule is CCCCOc1c(C(=O)NCc2ccccc2Cl)nnn1Cc1ccccc1Cl. The molecule has 0 aliphatic carbocycles. The second kappa shape index (κ2) is 10.3. The number of aromatic nitrogens is 3. The van der Waals surface area contributed by atoms with Crippen LogP contribution >= 0.6 is 23.2 Å². The van der Waals surface area contributed by atoms with E-state index in [2.05, 4.69) is 22.6 Å². The Morgan fingerprint density at radius 3 is 2.38 bits per heavy atom. The number of hydrogen-bond acceptors (Lipinski definition) is 4. The van der Waals surface area contributed by atoms with Crippen LogP contribution in [0, 0.1) is 0 Å². The molecule has 3 rings (SSSR count). The van der Waals surface area contributed by atoms with E-state index in [1.165, 1.54) is 0 Å². The Kier molecular flexibility index (Phi) is 7.49. The molecular weight excluding hydrogens is 411 g/mol. The molecule has 0 aliphatic rings. The maximum atomic E-state index is 12.7. The summed E-state index contributed by atoms with van der Waals surface area (Å²) in [5, 5.41) is 12.2. The molecule has 0 fully saturated rings. The molecular formula is C21H22Cl2N4O2. The summed E-state index contributed by atoms with van der Waals surface area (Å²) >= 11 is 12.4. The third kappa shape index (κ3) is 5.49. The van der Waals surface area contributed by atoms with Crippen LogP contribution in [0.2, 0.25) is 10.0 Å². The molecule has 0 atom stereocenters. The number of hydrogen-bond donors (Lipinski definition) is 1. The van der Waals surface area contributed by atoms with Gasteiger partial charge < -0.3 is 10.1 Å². The normalized spacial score (nSPS) is 10.7. The number of ether oxygens (including phenoxy) is 1. The Bertz CT molecular complexity index is 975. The summed E-state index contributed by atoms with van der Waals surface area (Å²) < 4.78 is 7.42. The van der Waals surface area contributed by atoms with Crippen molar-refractivity contribution in [3.05, 3.63) is 75.4 Å². The first-order valence-corrected chi connectivity index (χ1v) is 10.2. The van der Waals surface area contributed by atoms with E-state index in [-0.39, 0.29) is 18.1 Å². The van der Waals surface area contributed by atoms with E-state index < -0.39 is 0 Å². The summed E-state index contributed by atoms with van der Waals surface area (Å²) in [7, 11) is 0. The molecule has 1 amide bonds. The quantitative estimate of drug-likeness (QED) is 0.495. The molecule has 0 bridgehead atoms. The zero-order valence-corrected chi connectivity index (χ0v) is 17.6. The van der Waals surface area contributed by atoms with Gasteiger partial charge in [-0.15, -0.1) is 5.10 Å². The molecule has 2 aromatic carbocycles. The average Bonchev–Trinajstić information content (AvgIpc) is 3.12. The molecule has 0 saturated heterocycles. The van der Waals surface area contributed by atoms with Gasteiger partial charge >= 0.3 is 0 Å². The van der Waals surface area contributed by atoms with Gasteiger partial charge in [0.25, 0.3) is 5.91 Å². The molecule has 1 heterocycles. The fraction of sp³-hybridized carbons (Fsp3) is 0.286. The summed E-state index contributed by atoms with van der Waals surface area (Å²) in [5.41, 5.74) is 1.82. The van der Waals surface area contributed by atoms with E-state index >= 15 is 0 Å². The van der Waals surface area contributed by atoms with Crippen LogP contribution in [0.1, 0.15) is 41.4 Å². The number of rotatable bonds is 9. The average molecular weight is 433 g/mol. The highest BCUT2D eigenvalue weighted by atomic mass is 35.5. The monoisotopic (exact) mass is 432 g/mol. The zero-order chi connectivity index (χ0) is 20.6. The van der Waals surface area contributed by atoms with E-state index in [0.29, 0.717) is 29.1 Å². The summed E-state index contributed by atoms with van der Waals surface area (Å²) in [6.45, 7) is 3.17. The standard InChI is InChI=1S/C21H22Cl2N4O2/c1-2-3-12-29-21-19(20(28)24-13-15-8-4-6-10-17(15)22)25-26-27(21)14-16-9-5-7-11-18(16)23/h4-11H,2-3,12-14H2,1H3,(H,24,28). The fourth-order valence-corrected chi connectivity index (χ4v) is 3.09. The van der Waals surface area contributed by atoms with Crippen LogP contribution in [0.15, 0.2) is 48.5 Å². The Morgan fingerprint density at radius 2 is 1.72 bits per heavy atom. The summed E-state index contributed by atoms with van der Waals surface area (Å²) in [6.07, 6.45) is 1.83. The van der Waals surface area contributed by atoms with Crippen LogP contribution in [0.4, 0.5) is 0 Å². The predicted octanol–water partition coefficient (Wildman–Crippen LogP) is 4.74. The van der Waals surface area contributed by atoms with Gasteiger partial charge in [0, 0.05) is 16.6 Å². The van der Waals surface area contributed by atoms with Gasteiger partial charge in [0.2, 0.25) is 11.6 Å². The third-order valence-electron chi connectivity index (χ3n) is 4.32. The van der Waals surface area contributed by atoms with Crippen molar-refractivity contribution in [1.29, 1.82) is 0 Å². The molecule has 152 valence electrons. The Labute approximate surface area is 179 Å². The first-order valence-electron chi connectivity index (χ1n) is 9.41. The lowest BCUT2D eigenvalue weighted by Gasteiger charge is -2.11. The van der Waals surface area contributed by atoms with E-state index in [9.17, 15) is 4.79 Å². The smallest absolute Gasteiger partial charge is 0.277 e. The van der Waals surface area contributed by atoms with Gasteiger partial charge in [0.1, 0.15) is 0 Å². The second-order valence-electron chi connectivity index (χ2n) is 6.47. The molecule has 6 nitrogen and oxygen atoms in total. The van der Waals surface area contributed by atoms with E-state index in [1.807, 2.05) is 42.5 Å².